The van der Waals surface area contributed by atoms with Crippen molar-refractivity contribution in [2.45, 2.75) is 32.6 Å². The van der Waals surface area contributed by atoms with Gasteiger partial charge in [0.05, 0.1) is 0 Å². The van der Waals surface area contributed by atoms with E-state index in [9.17, 15) is 4.79 Å². The molecular weight excluding hydrogens is 186 g/mol. The van der Waals surface area contributed by atoms with Crippen molar-refractivity contribution in [2.24, 2.45) is 5.92 Å². The highest BCUT2D eigenvalue weighted by atomic mass is 35.5. The molecule has 1 aliphatic heterocycles. The lowest BCUT2D eigenvalue weighted by Gasteiger charge is -2.18. The lowest BCUT2D eigenvalue weighted by atomic mass is 10.1. The summed E-state index contributed by atoms with van der Waals surface area (Å²) in [5.74, 6) is 1.62. The summed E-state index contributed by atoms with van der Waals surface area (Å²) in [5.41, 5.74) is 0. The number of alkyl halides is 1. The molecule has 0 radical (unpaired) electrons. The van der Waals surface area contributed by atoms with Gasteiger partial charge in [-0.2, -0.15) is 0 Å². The predicted octanol–water partition coefficient (Wildman–Crippen LogP) is 2.26. The molecule has 1 atom stereocenters. The van der Waals surface area contributed by atoms with Gasteiger partial charge >= 0.3 is 0 Å². The van der Waals surface area contributed by atoms with Crippen LogP contribution in [-0.4, -0.2) is 29.8 Å². The van der Waals surface area contributed by atoms with Crippen molar-refractivity contribution in [3.63, 3.8) is 0 Å². The lowest BCUT2D eigenvalue weighted by Crippen LogP contribution is -2.27. The van der Waals surface area contributed by atoms with E-state index in [1.165, 1.54) is 0 Å². The Hall–Kier alpha value is -0.240. The maximum Gasteiger partial charge on any atom is 0.222 e. The van der Waals surface area contributed by atoms with Gasteiger partial charge in [0, 0.05) is 25.4 Å². The van der Waals surface area contributed by atoms with E-state index in [0.717, 1.165) is 44.7 Å². The Morgan fingerprint density at radius 3 is 2.85 bits per heavy atom. The second-order valence-electron chi connectivity index (χ2n) is 3.70. The molecule has 1 saturated heterocycles. The standard InChI is InChI=1S/C10H18ClNO/c1-2-9(8-11)5-7-12-6-3-4-10(12)13/h9H,2-8H2,1H3. The monoisotopic (exact) mass is 203 g/mol. The van der Waals surface area contributed by atoms with E-state index < -0.39 is 0 Å². The Bertz CT molecular complexity index is 168. The average Bonchev–Trinajstić information content (AvgIpc) is 2.54. The van der Waals surface area contributed by atoms with E-state index in [1.54, 1.807) is 0 Å². The predicted molar refractivity (Wildman–Crippen MR) is 54.9 cm³/mol. The summed E-state index contributed by atoms with van der Waals surface area (Å²) in [6.45, 7) is 4.01. The van der Waals surface area contributed by atoms with Crippen molar-refractivity contribution in [1.82, 2.24) is 4.90 Å². The van der Waals surface area contributed by atoms with Gasteiger partial charge in [0.1, 0.15) is 0 Å². The second-order valence-corrected chi connectivity index (χ2v) is 4.01. The van der Waals surface area contributed by atoms with Gasteiger partial charge in [0.15, 0.2) is 0 Å². The van der Waals surface area contributed by atoms with Gasteiger partial charge in [-0.3, -0.25) is 4.79 Å². The number of halogens is 1. The highest BCUT2D eigenvalue weighted by molar-refractivity contribution is 6.18. The van der Waals surface area contributed by atoms with Crippen LogP contribution in [0.2, 0.25) is 0 Å². The van der Waals surface area contributed by atoms with Crippen molar-refractivity contribution in [2.75, 3.05) is 19.0 Å². The van der Waals surface area contributed by atoms with E-state index in [4.69, 9.17) is 11.6 Å². The quantitative estimate of drug-likeness (QED) is 0.628. The number of likely N-dealkylation sites (tertiary alicyclic amines) is 1. The van der Waals surface area contributed by atoms with Crippen LogP contribution >= 0.6 is 11.6 Å². The van der Waals surface area contributed by atoms with Crippen molar-refractivity contribution in [1.29, 1.82) is 0 Å². The zero-order valence-corrected chi connectivity index (χ0v) is 9.02. The van der Waals surface area contributed by atoms with Gasteiger partial charge in [-0.25, -0.2) is 0 Å². The summed E-state index contributed by atoms with van der Waals surface area (Å²) in [5, 5.41) is 0. The largest absolute Gasteiger partial charge is 0.343 e. The molecule has 1 unspecified atom stereocenters. The van der Waals surface area contributed by atoms with Gasteiger partial charge in [-0.1, -0.05) is 13.3 Å². The Labute approximate surface area is 85.2 Å². The van der Waals surface area contributed by atoms with Crippen molar-refractivity contribution in [3.8, 4) is 0 Å². The summed E-state index contributed by atoms with van der Waals surface area (Å²) in [6.07, 6.45) is 3.96. The zero-order chi connectivity index (χ0) is 9.68. The smallest absolute Gasteiger partial charge is 0.222 e. The van der Waals surface area contributed by atoms with Crippen LogP contribution in [0.1, 0.15) is 32.6 Å². The molecule has 3 heteroatoms. The molecular formula is C10H18ClNO. The molecule has 1 fully saturated rings. The summed E-state index contributed by atoms with van der Waals surface area (Å²) in [4.78, 5) is 13.2. The van der Waals surface area contributed by atoms with Crippen LogP contribution in [0.25, 0.3) is 0 Å². The van der Waals surface area contributed by atoms with Crippen LogP contribution in [0.3, 0.4) is 0 Å². The fourth-order valence-electron chi connectivity index (χ4n) is 1.67. The first kappa shape index (κ1) is 10.8. The third kappa shape index (κ3) is 3.18. The maximum absolute atomic E-state index is 11.3. The van der Waals surface area contributed by atoms with Gasteiger partial charge in [-0.15, -0.1) is 11.6 Å². The lowest BCUT2D eigenvalue weighted by molar-refractivity contribution is -0.127. The minimum absolute atomic E-state index is 0.324. The van der Waals surface area contributed by atoms with E-state index in [0.29, 0.717) is 11.8 Å². The SMILES string of the molecule is CCC(CCl)CCN1CCCC1=O. The van der Waals surface area contributed by atoms with Crippen molar-refractivity contribution >= 4 is 17.5 Å². The summed E-state index contributed by atoms with van der Waals surface area (Å²) >= 11 is 5.79. The Kier molecular flexibility index (Phi) is 4.57. The van der Waals surface area contributed by atoms with Gasteiger partial charge < -0.3 is 4.90 Å². The van der Waals surface area contributed by atoms with E-state index in [1.807, 2.05) is 4.90 Å². The minimum Gasteiger partial charge on any atom is -0.343 e. The first-order valence-electron chi connectivity index (χ1n) is 5.11. The molecule has 2 nitrogen and oxygen atoms in total. The molecule has 1 amide bonds. The summed E-state index contributed by atoms with van der Waals surface area (Å²) < 4.78 is 0. The topological polar surface area (TPSA) is 20.3 Å². The molecule has 76 valence electrons. The first-order chi connectivity index (χ1) is 6.27. The fraction of sp³-hybridized carbons (Fsp3) is 0.900. The van der Waals surface area contributed by atoms with Crippen LogP contribution in [0.4, 0.5) is 0 Å². The van der Waals surface area contributed by atoms with E-state index >= 15 is 0 Å². The van der Waals surface area contributed by atoms with Crippen LogP contribution < -0.4 is 0 Å². The molecule has 1 heterocycles. The number of hydrogen-bond acceptors (Lipinski definition) is 1. The number of amides is 1. The molecule has 1 rings (SSSR count). The molecule has 0 aromatic carbocycles. The molecule has 0 aromatic heterocycles. The Balaban J connectivity index is 2.20. The average molecular weight is 204 g/mol. The molecule has 0 bridgehead atoms. The summed E-state index contributed by atoms with van der Waals surface area (Å²) in [6, 6.07) is 0. The number of carbonyl (C=O) groups excluding carboxylic acids is 1. The second kappa shape index (κ2) is 5.48. The first-order valence-corrected chi connectivity index (χ1v) is 5.65. The molecule has 0 spiro atoms. The third-order valence-electron chi connectivity index (χ3n) is 2.77. The molecule has 0 aromatic rings. The van der Waals surface area contributed by atoms with Crippen LogP contribution in [-0.2, 0) is 4.79 Å². The number of carbonyl (C=O) groups is 1. The Morgan fingerprint density at radius 2 is 2.38 bits per heavy atom. The summed E-state index contributed by atoms with van der Waals surface area (Å²) in [7, 11) is 0. The number of nitrogens with zero attached hydrogens (tertiary/aromatic N) is 1. The maximum atomic E-state index is 11.3. The highest BCUT2D eigenvalue weighted by Crippen LogP contribution is 2.15. The molecule has 0 N–H and O–H groups in total. The van der Waals surface area contributed by atoms with Crippen LogP contribution in [0.15, 0.2) is 0 Å². The van der Waals surface area contributed by atoms with Crippen molar-refractivity contribution in [3.05, 3.63) is 0 Å². The zero-order valence-electron chi connectivity index (χ0n) is 8.26. The van der Waals surface area contributed by atoms with Gasteiger partial charge in [0.25, 0.3) is 0 Å². The third-order valence-corrected chi connectivity index (χ3v) is 3.21. The van der Waals surface area contributed by atoms with Crippen LogP contribution in [0, 0.1) is 5.92 Å². The molecule has 0 saturated carbocycles. The molecule has 13 heavy (non-hydrogen) atoms. The Morgan fingerprint density at radius 1 is 1.62 bits per heavy atom. The number of hydrogen-bond donors (Lipinski definition) is 0. The van der Waals surface area contributed by atoms with E-state index in [-0.39, 0.29) is 0 Å². The van der Waals surface area contributed by atoms with Crippen molar-refractivity contribution < 1.29 is 4.79 Å². The number of rotatable bonds is 5. The van der Waals surface area contributed by atoms with E-state index in [2.05, 4.69) is 6.92 Å². The molecule has 1 aliphatic rings. The van der Waals surface area contributed by atoms with Gasteiger partial charge in [0.2, 0.25) is 5.91 Å². The molecule has 0 aliphatic carbocycles. The normalized spacial score (nSPS) is 19.5. The van der Waals surface area contributed by atoms with Gasteiger partial charge in [-0.05, 0) is 18.8 Å². The minimum atomic E-state index is 0.324. The highest BCUT2D eigenvalue weighted by Gasteiger charge is 2.20. The fourth-order valence-corrected chi connectivity index (χ4v) is 2.04. The van der Waals surface area contributed by atoms with Crippen LogP contribution in [0.5, 0.6) is 0 Å².